The normalized spacial score (nSPS) is 11.4. The first-order valence-corrected chi connectivity index (χ1v) is 12.0. The van der Waals surface area contributed by atoms with Crippen molar-refractivity contribution in [2.45, 2.75) is 33.3 Å². The number of nitrogens with zero attached hydrogens (tertiary/aromatic N) is 1. The van der Waals surface area contributed by atoms with Crippen molar-refractivity contribution in [1.82, 2.24) is 9.88 Å². The number of aromatic nitrogens is 1. The Morgan fingerprint density at radius 3 is 2.08 bits per heavy atom. The molecule has 0 fully saturated rings. The summed E-state index contributed by atoms with van der Waals surface area (Å²) in [6.07, 6.45) is -4.70. The summed E-state index contributed by atoms with van der Waals surface area (Å²) >= 11 is 6.18. The van der Waals surface area contributed by atoms with Crippen molar-refractivity contribution in [2.24, 2.45) is 0 Å². The second-order valence-corrected chi connectivity index (χ2v) is 9.41. The molecule has 4 aromatic rings. The molecule has 38 heavy (non-hydrogen) atoms. The summed E-state index contributed by atoms with van der Waals surface area (Å²) in [6.45, 7) is 4.86. The maximum atomic E-state index is 12.7. The molecule has 0 aliphatic rings. The molecule has 0 unspecified atom stereocenters. The molecule has 4 nitrogen and oxygen atoms in total. The van der Waals surface area contributed by atoms with Gasteiger partial charge in [0, 0.05) is 30.0 Å². The van der Waals surface area contributed by atoms with Crippen molar-refractivity contribution in [1.29, 1.82) is 0 Å². The van der Waals surface area contributed by atoms with Crippen LogP contribution in [0.5, 0.6) is 5.75 Å². The number of ether oxygens (including phenoxy) is 1. The molecule has 1 heterocycles. The first-order valence-electron chi connectivity index (χ1n) is 11.6. The predicted octanol–water partition coefficient (Wildman–Crippen LogP) is 7.93. The van der Waals surface area contributed by atoms with Crippen LogP contribution in [0.4, 0.5) is 13.2 Å². The average Bonchev–Trinajstić information content (AvgIpc) is 2.83. The van der Waals surface area contributed by atoms with Crippen molar-refractivity contribution < 1.29 is 17.9 Å². The Kier molecular flexibility index (Phi) is 9.31. The van der Waals surface area contributed by atoms with E-state index < -0.39 is 6.36 Å². The fourth-order valence-corrected chi connectivity index (χ4v) is 4.49. The van der Waals surface area contributed by atoms with E-state index in [2.05, 4.69) is 20.7 Å². The topological polar surface area (TPSA) is 45.3 Å². The van der Waals surface area contributed by atoms with Crippen molar-refractivity contribution >= 4 is 24.0 Å². The van der Waals surface area contributed by atoms with Crippen molar-refractivity contribution in [3.8, 4) is 28.0 Å². The molecule has 4 rings (SSSR count). The first kappa shape index (κ1) is 29.3. The summed E-state index contributed by atoms with van der Waals surface area (Å²) in [5.74, 6) is -0.233. The van der Waals surface area contributed by atoms with Gasteiger partial charge < -0.3 is 9.72 Å². The number of pyridine rings is 1. The average molecular weight is 563 g/mol. The van der Waals surface area contributed by atoms with Gasteiger partial charge in [0.15, 0.2) is 0 Å². The van der Waals surface area contributed by atoms with Gasteiger partial charge in [0.1, 0.15) is 10.8 Å². The minimum atomic E-state index is -4.70. The molecule has 0 bridgehead atoms. The van der Waals surface area contributed by atoms with Gasteiger partial charge in [-0.1, -0.05) is 66.2 Å². The molecule has 0 aliphatic heterocycles. The smallest absolute Gasteiger partial charge is 0.406 e. The van der Waals surface area contributed by atoms with E-state index in [0.717, 1.165) is 33.5 Å². The number of hydrogen-bond acceptors (Lipinski definition) is 3. The second-order valence-electron chi connectivity index (χ2n) is 9.03. The van der Waals surface area contributed by atoms with E-state index in [0.29, 0.717) is 24.3 Å². The number of H-pyrrole nitrogens is 1. The van der Waals surface area contributed by atoms with Crippen LogP contribution in [0.3, 0.4) is 0 Å². The summed E-state index contributed by atoms with van der Waals surface area (Å²) < 4.78 is 41.0. The van der Waals surface area contributed by atoms with Crippen molar-refractivity contribution in [3.63, 3.8) is 0 Å². The summed E-state index contributed by atoms with van der Waals surface area (Å²) in [5, 5.41) is 0.201. The minimum absolute atomic E-state index is 0. The van der Waals surface area contributed by atoms with Gasteiger partial charge in [-0.3, -0.25) is 9.69 Å². The van der Waals surface area contributed by atoms with E-state index in [1.807, 2.05) is 56.4 Å². The minimum Gasteiger partial charge on any atom is -0.406 e. The second kappa shape index (κ2) is 12.1. The summed E-state index contributed by atoms with van der Waals surface area (Å²) in [5.41, 5.74) is 6.63. The molecule has 0 saturated heterocycles. The Morgan fingerprint density at radius 2 is 1.45 bits per heavy atom. The lowest BCUT2D eigenvalue weighted by atomic mass is 9.98. The van der Waals surface area contributed by atoms with Gasteiger partial charge in [0.2, 0.25) is 5.43 Å². The highest BCUT2D eigenvalue weighted by molar-refractivity contribution is 6.31. The molecule has 0 aliphatic carbocycles. The van der Waals surface area contributed by atoms with Gasteiger partial charge >= 0.3 is 6.36 Å². The molecule has 0 atom stereocenters. The molecule has 1 N–H and O–H groups in total. The first-order chi connectivity index (χ1) is 17.5. The number of hydrogen-bond donors (Lipinski definition) is 1. The molecule has 0 radical (unpaired) electrons. The molecular formula is C29H27Cl2F3N2O2. The van der Waals surface area contributed by atoms with E-state index in [1.54, 1.807) is 19.1 Å². The number of benzene rings is 3. The summed E-state index contributed by atoms with van der Waals surface area (Å²) in [7, 11) is 1.95. The third kappa shape index (κ3) is 7.19. The quantitative estimate of drug-likeness (QED) is 0.248. The lowest BCUT2D eigenvalue weighted by molar-refractivity contribution is -0.274. The standard InChI is InChI=1S/C29H26ClF3N2O2.ClH/c1-18-26(28(36)27(30)19(2)34-18)23-11-9-22(10-12-23)24-6-4-5-21(15-24)17-35(3)16-20-7-13-25(14-8-20)37-29(31,32)33;/h4-15H,16-17H2,1-3H3,(H,34,36);1H. The highest BCUT2D eigenvalue weighted by atomic mass is 35.5. The van der Waals surface area contributed by atoms with E-state index in [4.69, 9.17) is 11.6 Å². The van der Waals surface area contributed by atoms with Crippen LogP contribution >= 0.6 is 24.0 Å². The lowest BCUT2D eigenvalue weighted by Crippen LogP contribution is -2.18. The maximum absolute atomic E-state index is 12.7. The van der Waals surface area contributed by atoms with Gasteiger partial charge in [0.25, 0.3) is 0 Å². The molecule has 3 aromatic carbocycles. The molecule has 200 valence electrons. The number of rotatable bonds is 7. The highest BCUT2D eigenvalue weighted by Gasteiger charge is 2.30. The molecule has 0 spiro atoms. The summed E-state index contributed by atoms with van der Waals surface area (Å²) in [4.78, 5) is 17.9. The fraction of sp³-hybridized carbons (Fsp3) is 0.207. The third-order valence-electron chi connectivity index (χ3n) is 6.00. The Balaban J connectivity index is 0.00000400. The number of nitrogens with one attached hydrogen (secondary N) is 1. The van der Waals surface area contributed by atoms with Gasteiger partial charge in [-0.15, -0.1) is 25.6 Å². The van der Waals surface area contributed by atoms with Crippen molar-refractivity contribution in [2.75, 3.05) is 7.05 Å². The van der Waals surface area contributed by atoms with Gasteiger partial charge in [-0.2, -0.15) is 0 Å². The van der Waals surface area contributed by atoms with Gasteiger partial charge in [-0.05, 0) is 66.9 Å². The fourth-order valence-electron chi connectivity index (χ4n) is 4.35. The highest BCUT2D eigenvalue weighted by Crippen LogP contribution is 2.27. The number of alkyl halides is 3. The summed E-state index contributed by atoms with van der Waals surface area (Å²) in [6, 6.07) is 21.9. The molecular weight excluding hydrogens is 536 g/mol. The zero-order valence-electron chi connectivity index (χ0n) is 21.0. The molecule has 1 aromatic heterocycles. The molecule has 0 amide bonds. The molecule has 9 heteroatoms. The molecule has 0 saturated carbocycles. The lowest BCUT2D eigenvalue weighted by Gasteiger charge is -2.18. The monoisotopic (exact) mass is 562 g/mol. The Bertz CT molecular complexity index is 1450. The SMILES string of the molecule is Cc1[nH]c(C)c(-c2ccc(-c3cccc(CN(C)Cc4ccc(OC(F)(F)F)cc4)c3)cc2)c(=O)c1Cl.Cl. The Hall–Kier alpha value is -3.26. The van der Waals surface area contributed by atoms with Gasteiger partial charge in [-0.25, -0.2) is 0 Å². The maximum Gasteiger partial charge on any atom is 0.573 e. The Labute approximate surface area is 230 Å². The number of halogens is 5. The van der Waals surface area contributed by atoms with E-state index >= 15 is 0 Å². The van der Waals surface area contributed by atoms with E-state index in [9.17, 15) is 18.0 Å². The van der Waals surface area contributed by atoms with Crippen LogP contribution in [0.1, 0.15) is 22.5 Å². The van der Waals surface area contributed by atoms with Crippen LogP contribution in [0, 0.1) is 13.8 Å². The van der Waals surface area contributed by atoms with E-state index in [1.165, 1.54) is 12.1 Å². The van der Waals surface area contributed by atoms with Gasteiger partial charge in [0.05, 0.1) is 0 Å². The van der Waals surface area contributed by atoms with Crippen LogP contribution < -0.4 is 10.2 Å². The van der Waals surface area contributed by atoms with Crippen LogP contribution in [-0.4, -0.2) is 23.3 Å². The zero-order chi connectivity index (χ0) is 26.7. The largest absolute Gasteiger partial charge is 0.573 e. The van der Waals surface area contributed by atoms with Crippen LogP contribution in [-0.2, 0) is 13.1 Å². The third-order valence-corrected chi connectivity index (χ3v) is 6.46. The van der Waals surface area contributed by atoms with Crippen molar-refractivity contribution in [3.05, 3.63) is 111 Å². The number of aryl methyl sites for hydroxylation is 2. The number of aromatic amines is 1. The van der Waals surface area contributed by atoms with Crippen LogP contribution in [0.15, 0.2) is 77.6 Å². The van der Waals surface area contributed by atoms with Crippen LogP contribution in [0.2, 0.25) is 5.02 Å². The Morgan fingerprint density at radius 1 is 0.842 bits per heavy atom. The van der Waals surface area contributed by atoms with Crippen LogP contribution in [0.25, 0.3) is 22.3 Å². The predicted molar refractivity (Wildman–Crippen MR) is 148 cm³/mol. The van der Waals surface area contributed by atoms with E-state index in [-0.39, 0.29) is 28.6 Å². The zero-order valence-corrected chi connectivity index (χ0v) is 22.6.